The van der Waals surface area contributed by atoms with Crippen molar-refractivity contribution < 1.29 is 9.53 Å². The van der Waals surface area contributed by atoms with Crippen molar-refractivity contribution >= 4 is 17.3 Å². The Balaban J connectivity index is 2.57. The van der Waals surface area contributed by atoms with Crippen LogP contribution in [0, 0.1) is 6.92 Å². The summed E-state index contributed by atoms with van der Waals surface area (Å²) in [7, 11) is 1.39. The van der Waals surface area contributed by atoms with E-state index in [1.54, 1.807) is 30.7 Å². The second-order valence-corrected chi connectivity index (χ2v) is 4.77. The maximum absolute atomic E-state index is 11.4. The predicted molar refractivity (Wildman–Crippen MR) is 59.8 cm³/mol. The van der Waals surface area contributed by atoms with Gasteiger partial charge in [-0.05, 0) is 20.8 Å². The van der Waals surface area contributed by atoms with E-state index in [1.807, 2.05) is 6.92 Å². The molecule has 0 saturated carbocycles. The quantitative estimate of drug-likeness (QED) is 0.793. The van der Waals surface area contributed by atoms with Crippen LogP contribution in [0.4, 0.5) is 0 Å². The highest BCUT2D eigenvalue weighted by Gasteiger charge is 2.27. The monoisotopic (exact) mass is 228 g/mol. The summed E-state index contributed by atoms with van der Waals surface area (Å²) in [5, 5.41) is 3.15. The van der Waals surface area contributed by atoms with Gasteiger partial charge in [0, 0.05) is 11.4 Å². The van der Waals surface area contributed by atoms with Crippen molar-refractivity contribution in [2.45, 2.75) is 32.9 Å². The molecule has 5 heteroatoms. The van der Waals surface area contributed by atoms with Gasteiger partial charge in [0.1, 0.15) is 5.54 Å². The molecule has 15 heavy (non-hydrogen) atoms. The molecule has 1 N–H and O–H groups in total. The summed E-state index contributed by atoms with van der Waals surface area (Å²) in [5.74, 6) is -0.260. The summed E-state index contributed by atoms with van der Waals surface area (Å²) in [6.45, 7) is 6.20. The summed E-state index contributed by atoms with van der Waals surface area (Å²) >= 11 is 1.58. The number of aryl methyl sites for hydroxylation is 1. The van der Waals surface area contributed by atoms with E-state index in [2.05, 4.69) is 10.3 Å². The van der Waals surface area contributed by atoms with Crippen molar-refractivity contribution in [1.29, 1.82) is 0 Å². The summed E-state index contributed by atoms with van der Waals surface area (Å²) in [5.41, 5.74) is 2.15. The van der Waals surface area contributed by atoms with Gasteiger partial charge in [-0.2, -0.15) is 0 Å². The van der Waals surface area contributed by atoms with Crippen molar-refractivity contribution in [1.82, 2.24) is 10.3 Å². The fourth-order valence-corrected chi connectivity index (χ4v) is 1.84. The molecule has 1 aromatic rings. The number of hydrogen-bond acceptors (Lipinski definition) is 5. The Bertz CT molecular complexity index is 347. The van der Waals surface area contributed by atoms with Crippen LogP contribution in [0.15, 0.2) is 5.51 Å². The smallest absolute Gasteiger partial charge is 0.325 e. The van der Waals surface area contributed by atoms with Gasteiger partial charge >= 0.3 is 5.97 Å². The number of methoxy groups -OCH3 is 1. The van der Waals surface area contributed by atoms with Crippen molar-refractivity contribution in [3.63, 3.8) is 0 Å². The number of hydrogen-bond donors (Lipinski definition) is 1. The molecule has 0 aromatic carbocycles. The van der Waals surface area contributed by atoms with Gasteiger partial charge < -0.3 is 4.74 Å². The first-order valence-corrected chi connectivity index (χ1v) is 5.57. The zero-order valence-corrected chi connectivity index (χ0v) is 10.3. The van der Waals surface area contributed by atoms with Gasteiger partial charge in [0.05, 0.1) is 18.3 Å². The van der Waals surface area contributed by atoms with Crippen LogP contribution >= 0.6 is 11.3 Å². The lowest BCUT2D eigenvalue weighted by Crippen LogP contribution is -2.46. The molecule has 0 fully saturated rings. The van der Waals surface area contributed by atoms with E-state index in [0.29, 0.717) is 6.54 Å². The second-order valence-electron chi connectivity index (χ2n) is 3.83. The maximum atomic E-state index is 11.4. The van der Waals surface area contributed by atoms with Crippen LogP contribution in [0.3, 0.4) is 0 Å². The largest absolute Gasteiger partial charge is 0.468 e. The van der Waals surface area contributed by atoms with E-state index in [4.69, 9.17) is 4.74 Å². The Kier molecular flexibility index (Phi) is 3.82. The molecule has 1 heterocycles. The Labute approximate surface area is 93.7 Å². The van der Waals surface area contributed by atoms with E-state index >= 15 is 0 Å². The molecule has 0 aliphatic heterocycles. The van der Waals surface area contributed by atoms with Crippen molar-refractivity contribution in [2.75, 3.05) is 7.11 Å². The molecule has 0 amide bonds. The van der Waals surface area contributed by atoms with Gasteiger partial charge in [-0.1, -0.05) is 0 Å². The molecule has 84 valence electrons. The highest BCUT2D eigenvalue weighted by molar-refractivity contribution is 7.09. The van der Waals surface area contributed by atoms with Gasteiger partial charge in [-0.25, -0.2) is 4.98 Å². The zero-order valence-electron chi connectivity index (χ0n) is 9.46. The number of carbonyl (C=O) groups excluding carboxylic acids is 1. The number of thiazole rings is 1. The Morgan fingerprint density at radius 3 is 2.80 bits per heavy atom. The van der Waals surface area contributed by atoms with Crippen LogP contribution in [0.25, 0.3) is 0 Å². The Morgan fingerprint density at radius 2 is 2.33 bits per heavy atom. The summed E-state index contributed by atoms with van der Waals surface area (Å²) in [6.07, 6.45) is 0. The maximum Gasteiger partial charge on any atom is 0.325 e. The minimum atomic E-state index is -0.662. The molecule has 0 saturated heterocycles. The highest BCUT2D eigenvalue weighted by Crippen LogP contribution is 2.14. The van der Waals surface area contributed by atoms with Gasteiger partial charge in [0.25, 0.3) is 0 Å². The fraction of sp³-hybridized carbons (Fsp3) is 0.600. The average molecular weight is 228 g/mol. The molecular formula is C10H16N2O2S. The molecule has 1 rings (SSSR count). The third-order valence-electron chi connectivity index (χ3n) is 2.23. The third kappa shape index (κ3) is 3.00. The first-order chi connectivity index (χ1) is 6.97. The summed E-state index contributed by atoms with van der Waals surface area (Å²) < 4.78 is 4.70. The van der Waals surface area contributed by atoms with Crippen LogP contribution in [-0.2, 0) is 16.1 Å². The van der Waals surface area contributed by atoms with Crippen LogP contribution in [0.5, 0.6) is 0 Å². The molecule has 0 bridgehead atoms. The Morgan fingerprint density at radius 1 is 1.67 bits per heavy atom. The summed E-state index contributed by atoms with van der Waals surface area (Å²) in [6, 6.07) is 0. The van der Waals surface area contributed by atoms with E-state index in [-0.39, 0.29) is 5.97 Å². The van der Waals surface area contributed by atoms with E-state index in [9.17, 15) is 4.79 Å². The molecule has 0 atom stereocenters. The van der Waals surface area contributed by atoms with E-state index in [0.717, 1.165) is 10.6 Å². The van der Waals surface area contributed by atoms with Gasteiger partial charge in [-0.3, -0.25) is 10.1 Å². The highest BCUT2D eigenvalue weighted by atomic mass is 32.1. The standard InChI is InChI=1S/C10H16N2O2S/c1-7-8(15-6-11-7)5-12-10(2,3)9(13)14-4/h6,12H,5H2,1-4H3. The van der Waals surface area contributed by atoms with E-state index in [1.165, 1.54) is 7.11 Å². The van der Waals surface area contributed by atoms with Crippen LogP contribution in [0.1, 0.15) is 24.4 Å². The van der Waals surface area contributed by atoms with Crippen molar-refractivity contribution in [3.8, 4) is 0 Å². The number of nitrogens with one attached hydrogen (secondary N) is 1. The molecule has 0 unspecified atom stereocenters. The average Bonchev–Trinajstić information content (AvgIpc) is 2.60. The second kappa shape index (κ2) is 4.72. The minimum Gasteiger partial charge on any atom is -0.468 e. The lowest BCUT2D eigenvalue weighted by atomic mass is 10.1. The number of nitrogens with zero attached hydrogens (tertiary/aromatic N) is 1. The molecule has 0 aliphatic carbocycles. The normalized spacial score (nSPS) is 11.5. The number of carbonyl (C=O) groups is 1. The topological polar surface area (TPSA) is 51.2 Å². The molecule has 1 aromatic heterocycles. The molecule has 4 nitrogen and oxygen atoms in total. The number of aromatic nitrogens is 1. The molecule has 0 radical (unpaired) electrons. The molecule has 0 spiro atoms. The minimum absolute atomic E-state index is 0.260. The number of rotatable bonds is 4. The van der Waals surface area contributed by atoms with Crippen LogP contribution in [-0.4, -0.2) is 23.6 Å². The van der Waals surface area contributed by atoms with Crippen LogP contribution in [0.2, 0.25) is 0 Å². The SMILES string of the molecule is COC(=O)C(C)(C)NCc1scnc1C. The van der Waals surface area contributed by atoms with Gasteiger partial charge in [-0.15, -0.1) is 11.3 Å². The zero-order chi connectivity index (χ0) is 11.5. The van der Waals surface area contributed by atoms with Crippen molar-refractivity contribution in [2.24, 2.45) is 0 Å². The lowest BCUT2D eigenvalue weighted by Gasteiger charge is -2.22. The lowest BCUT2D eigenvalue weighted by molar-refractivity contribution is -0.147. The predicted octanol–water partition coefficient (Wildman–Crippen LogP) is 1.49. The van der Waals surface area contributed by atoms with Gasteiger partial charge in [0.2, 0.25) is 0 Å². The molecular weight excluding hydrogens is 212 g/mol. The summed E-state index contributed by atoms with van der Waals surface area (Å²) in [4.78, 5) is 16.7. The van der Waals surface area contributed by atoms with Gasteiger partial charge in [0.15, 0.2) is 0 Å². The first kappa shape index (κ1) is 12.1. The molecule has 0 aliphatic rings. The fourth-order valence-electron chi connectivity index (χ4n) is 1.12. The number of esters is 1. The first-order valence-electron chi connectivity index (χ1n) is 4.70. The van der Waals surface area contributed by atoms with E-state index < -0.39 is 5.54 Å². The van der Waals surface area contributed by atoms with Crippen LogP contribution < -0.4 is 5.32 Å². The van der Waals surface area contributed by atoms with Crippen molar-refractivity contribution in [3.05, 3.63) is 16.1 Å². The Hall–Kier alpha value is -0.940. The number of ether oxygens (including phenoxy) is 1. The third-order valence-corrected chi connectivity index (χ3v) is 3.17.